The lowest BCUT2D eigenvalue weighted by Crippen LogP contribution is -2.24. The second-order valence-corrected chi connectivity index (χ2v) is 5.30. The summed E-state index contributed by atoms with van der Waals surface area (Å²) < 4.78 is 0. The highest BCUT2D eigenvalue weighted by Crippen LogP contribution is 2.19. The van der Waals surface area contributed by atoms with Crippen LogP contribution >= 0.6 is 11.8 Å². The van der Waals surface area contributed by atoms with Gasteiger partial charge in [0.15, 0.2) is 0 Å². The molecule has 0 aliphatic heterocycles. The zero-order valence-electron chi connectivity index (χ0n) is 10.6. The first-order chi connectivity index (χ1) is 8.02. The van der Waals surface area contributed by atoms with E-state index in [1.54, 1.807) is 30.8 Å². The lowest BCUT2D eigenvalue weighted by atomic mass is 10.0. The Morgan fingerprint density at radius 3 is 2.65 bits per heavy atom. The van der Waals surface area contributed by atoms with Gasteiger partial charge in [0.1, 0.15) is 0 Å². The van der Waals surface area contributed by atoms with Crippen molar-refractivity contribution >= 4 is 17.7 Å². The lowest BCUT2D eigenvalue weighted by Gasteiger charge is -2.15. The van der Waals surface area contributed by atoms with Crippen LogP contribution in [0.25, 0.3) is 0 Å². The first kappa shape index (κ1) is 14.1. The Morgan fingerprint density at radius 2 is 2.06 bits per heavy atom. The van der Waals surface area contributed by atoms with E-state index in [1.165, 1.54) is 5.56 Å². The summed E-state index contributed by atoms with van der Waals surface area (Å²) in [6.45, 7) is 2.06. The maximum atomic E-state index is 11.4. The summed E-state index contributed by atoms with van der Waals surface area (Å²) in [5.74, 6) is 1.39. The molecule has 0 spiro atoms. The molecule has 1 aromatic rings. The normalized spacial score (nSPS) is 12.2. The number of thioether (sulfide) groups is 1. The minimum atomic E-state index is -0.00355. The van der Waals surface area contributed by atoms with Crippen molar-refractivity contribution in [3.63, 3.8) is 0 Å². The summed E-state index contributed by atoms with van der Waals surface area (Å²) in [5.41, 5.74) is 8.48. The molecule has 0 bridgehead atoms. The third kappa shape index (κ3) is 4.40. The molecule has 4 heteroatoms. The van der Waals surface area contributed by atoms with E-state index in [2.05, 4.69) is 13.0 Å². The van der Waals surface area contributed by atoms with Crippen molar-refractivity contribution in [2.75, 3.05) is 25.6 Å². The van der Waals surface area contributed by atoms with E-state index in [0.717, 1.165) is 11.3 Å². The molecule has 94 valence electrons. The molecule has 0 aliphatic rings. The summed E-state index contributed by atoms with van der Waals surface area (Å²) >= 11 is 1.59. The zero-order chi connectivity index (χ0) is 12.8. The molecule has 1 atom stereocenters. The highest BCUT2D eigenvalue weighted by atomic mass is 32.2. The van der Waals surface area contributed by atoms with Crippen LogP contribution in [0.2, 0.25) is 0 Å². The molecule has 2 N–H and O–H groups in total. The van der Waals surface area contributed by atoms with Gasteiger partial charge in [-0.2, -0.15) is 11.8 Å². The number of aryl methyl sites for hydroxylation is 1. The predicted octanol–water partition coefficient (Wildman–Crippen LogP) is 1.82. The van der Waals surface area contributed by atoms with E-state index in [-0.39, 0.29) is 11.9 Å². The molecule has 0 radical (unpaired) electrons. The van der Waals surface area contributed by atoms with E-state index in [0.29, 0.717) is 5.75 Å². The SMILES string of the molecule is Cc1ccccc1C(N)CSCC(=O)N(C)C. The molecule has 0 heterocycles. The molecule has 1 amide bonds. The van der Waals surface area contributed by atoms with Crippen LogP contribution in [0.5, 0.6) is 0 Å². The van der Waals surface area contributed by atoms with Crippen molar-refractivity contribution in [1.29, 1.82) is 0 Å². The standard InChI is InChI=1S/C13H20N2OS/c1-10-6-4-5-7-11(10)12(14)8-17-9-13(16)15(2)3/h4-7,12H,8-9,14H2,1-3H3. The number of amides is 1. The first-order valence-corrected chi connectivity index (χ1v) is 6.77. The van der Waals surface area contributed by atoms with Gasteiger partial charge in [0.25, 0.3) is 0 Å². The Bertz CT molecular complexity index is 379. The number of nitrogens with two attached hydrogens (primary N) is 1. The number of hydrogen-bond donors (Lipinski definition) is 1. The first-order valence-electron chi connectivity index (χ1n) is 5.61. The summed E-state index contributed by atoms with van der Waals surface area (Å²) in [6.07, 6.45) is 0. The maximum Gasteiger partial charge on any atom is 0.232 e. The van der Waals surface area contributed by atoms with E-state index >= 15 is 0 Å². The van der Waals surface area contributed by atoms with Gasteiger partial charge in [0.05, 0.1) is 5.75 Å². The van der Waals surface area contributed by atoms with Gasteiger partial charge in [-0.3, -0.25) is 4.79 Å². The topological polar surface area (TPSA) is 46.3 Å². The van der Waals surface area contributed by atoms with Crippen molar-refractivity contribution < 1.29 is 4.79 Å². The van der Waals surface area contributed by atoms with Crippen molar-refractivity contribution in [1.82, 2.24) is 4.90 Å². The van der Waals surface area contributed by atoms with Crippen LogP contribution in [0.15, 0.2) is 24.3 Å². The Morgan fingerprint density at radius 1 is 1.41 bits per heavy atom. The third-order valence-corrected chi connectivity index (χ3v) is 3.66. The van der Waals surface area contributed by atoms with Crippen molar-refractivity contribution in [3.8, 4) is 0 Å². The number of carbonyl (C=O) groups excluding carboxylic acids is 1. The molecule has 0 saturated heterocycles. The lowest BCUT2D eigenvalue weighted by molar-refractivity contribution is -0.125. The highest BCUT2D eigenvalue weighted by Gasteiger charge is 2.10. The number of carbonyl (C=O) groups is 1. The molecular weight excluding hydrogens is 232 g/mol. The Labute approximate surface area is 107 Å². The fourth-order valence-corrected chi connectivity index (χ4v) is 2.48. The molecular formula is C13H20N2OS. The molecule has 0 aromatic heterocycles. The maximum absolute atomic E-state index is 11.4. The van der Waals surface area contributed by atoms with Gasteiger partial charge in [-0.15, -0.1) is 0 Å². The molecule has 1 rings (SSSR count). The molecule has 3 nitrogen and oxygen atoms in total. The zero-order valence-corrected chi connectivity index (χ0v) is 11.5. The largest absolute Gasteiger partial charge is 0.348 e. The van der Waals surface area contributed by atoms with Gasteiger partial charge >= 0.3 is 0 Å². The van der Waals surface area contributed by atoms with E-state index in [9.17, 15) is 4.79 Å². The summed E-state index contributed by atoms with van der Waals surface area (Å²) in [4.78, 5) is 13.0. The predicted molar refractivity (Wildman–Crippen MR) is 74.1 cm³/mol. The van der Waals surface area contributed by atoms with E-state index in [1.807, 2.05) is 18.2 Å². The minimum Gasteiger partial charge on any atom is -0.348 e. The fraction of sp³-hybridized carbons (Fsp3) is 0.462. The van der Waals surface area contributed by atoms with Crippen LogP contribution in [0.1, 0.15) is 17.2 Å². The number of nitrogens with zero attached hydrogens (tertiary/aromatic N) is 1. The average molecular weight is 252 g/mol. The van der Waals surface area contributed by atoms with Crippen molar-refractivity contribution in [2.45, 2.75) is 13.0 Å². The second-order valence-electron chi connectivity index (χ2n) is 4.27. The van der Waals surface area contributed by atoms with Gasteiger partial charge < -0.3 is 10.6 Å². The molecule has 1 aromatic carbocycles. The van der Waals surface area contributed by atoms with Crippen LogP contribution in [-0.4, -0.2) is 36.4 Å². The van der Waals surface area contributed by atoms with Crippen molar-refractivity contribution in [2.24, 2.45) is 5.73 Å². The van der Waals surface area contributed by atoms with Crippen LogP contribution in [-0.2, 0) is 4.79 Å². The minimum absolute atomic E-state index is 0.00355. The molecule has 0 fully saturated rings. The van der Waals surface area contributed by atoms with Gasteiger partial charge in [-0.25, -0.2) is 0 Å². The molecule has 1 unspecified atom stereocenters. The number of benzene rings is 1. The quantitative estimate of drug-likeness (QED) is 0.869. The summed E-state index contributed by atoms with van der Waals surface area (Å²) in [7, 11) is 3.54. The monoisotopic (exact) mass is 252 g/mol. The molecule has 0 aliphatic carbocycles. The van der Waals surface area contributed by atoms with Crippen LogP contribution in [0.4, 0.5) is 0 Å². The third-order valence-electron chi connectivity index (χ3n) is 2.61. The second kappa shape index (κ2) is 6.67. The fourth-order valence-electron chi connectivity index (χ4n) is 1.49. The summed E-state index contributed by atoms with van der Waals surface area (Å²) in [6, 6.07) is 8.11. The average Bonchev–Trinajstić information content (AvgIpc) is 2.29. The number of rotatable bonds is 5. The van der Waals surface area contributed by atoms with Crippen LogP contribution < -0.4 is 5.73 Å². The van der Waals surface area contributed by atoms with E-state index in [4.69, 9.17) is 5.73 Å². The smallest absolute Gasteiger partial charge is 0.232 e. The van der Waals surface area contributed by atoms with Crippen molar-refractivity contribution in [3.05, 3.63) is 35.4 Å². The van der Waals surface area contributed by atoms with Gasteiger partial charge in [0, 0.05) is 25.9 Å². The molecule has 17 heavy (non-hydrogen) atoms. The number of hydrogen-bond acceptors (Lipinski definition) is 3. The van der Waals surface area contributed by atoms with Gasteiger partial charge in [0.2, 0.25) is 5.91 Å². The molecule has 0 saturated carbocycles. The Kier molecular flexibility index (Phi) is 5.51. The summed E-state index contributed by atoms with van der Waals surface area (Å²) in [5, 5.41) is 0. The van der Waals surface area contributed by atoms with Crippen LogP contribution in [0.3, 0.4) is 0 Å². The van der Waals surface area contributed by atoms with E-state index < -0.39 is 0 Å². The highest BCUT2D eigenvalue weighted by molar-refractivity contribution is 7.99. The van der Waals surface area contributed by atoms with Gasteiger partial charge in [-0.1, -0.05) is 24.3 Å². The van der Waals surface area contributed by atoms with Gasteiger partial charge in [-0.05, 0) is 18.1 Å². The van der Waals surface area contributed by atoms with Crippen LogP contribution in [0, 0.1) is 6.92 Å². The Hall–Kier alpha value is -1.00. The Balaban J connectivity index is 2.43.